The molecule has 0 fully saturated rings. The Hall–Kier alpha value is -3.35. The van der Waals surface area contributed by atoms with Crippen molar-refractivity contribution in [3.8, 4) is 22.8 Å². The van der Waals surface area contributed by atoms with Crippen molar-refractivity contribution in [2.24, 2.45) is 10.7 Å². The molecule has 1 atom stereocenters. The van der Waals surface area contributed by atoms with Crippen LogP contribution in [0.15, 0.2) is 65.8 Å². The standard InChI is InChI=1S/C25H20ClN3O3/c26-19-5-1-3-15(9-19)16-6-7-22-20(10-16)25(14-31-24(27)29-25)21-11-18(12-28-23(21)32-22)17-4-2-8-30-13-17/h1,3-7,9-12H,2,8,13-14H2,(H2,27,29)/t25-/m0/s1. The zero-order valence-electron chi connectivity index (χ0n) is 17.2. The maximum absolute atomic E-state index is 6.23. The van der Waals surface area contributed by atoms with Gasteiger partial charge >= 0.3 is 0 Å². The molecular weight excluding hydrogens is 426 g/mol. The van der Waals surface area contributed by atoms with Crippen LogP contribution in [0.1, 0.15) is 23.1 Å². The molecule has 0 unspecified atom stereocenters. The lowest BCUT2D eigenvalue weighted by Crippen LogP contribution is -2.31. The van der Waals surface area contributed by atoms with Crippen LogP contribution in [0, 0.1) is 0 Å². The van der Waals surface area contributed by atoms with Crippen molar-refractivity contribution < 1.29 is 14.2 Å². The number of nitrogens with zero attached hydrogens (tertiary/aromatic N) is 2. The third kappa shape index (κ3) is 3.06. The fourth-order valence-electron chi connectivity index (χ4n) is 4.51. The number of aromatic nitrogens is 1. The van der Waals surface area contributed by atoms with E-state index in [9.17, 15) is 0 Å². The quantitative estimate of drug-likeness (QED) is 0.607. The largest absolute Gasteiger partial charge is 0.462 e. The van der Waals surface area contributed by atoms with E-state index in [1.807, 2.05) is 42.6 Å². The van der Waals surface area contributed by atoms with Gasteiger partial charge in [-0.2, -0.15) is 0 Å². The molecule has 32 heavy (non-hydrogen) atoms. The van der Waals surface area contributed by atoms with Gasteiger partial charge in [0.05, 0.1) is 18.8 Å². The smallest absolute Gasteiger partial charge is 0.283 e. The highest BCUT2D eigenvalue weighted by molar-refractivity contribution is 6.30. The van der Waals surface area contributed by atoms with Gasteiger partial charge in [-0.05, 0) is 59.0 Å². The van der Waals surface area contributed by atoms with Gasteiger partial charge in [-0.3, -0.25) is 0 Å². The Morgan fingerprint density at radius 3 is 2.66 bits per heavy atom. The van der Waals surface area contributed by atoms with Crippen molar-refractivity contribution in [1.29, 1.82) is 0 Å². The summed E-state index contributed by atoms with van der Waals surface area (Å²) in [5, 5.41) is 0.680. The van der Waals surface area contributed by atoms with Crippen LogP contribution >= 0.6 is 11.6 Å². The van der Waals surface area contributed by atoms with Gasteiger partial charge in [0.1, 0.15) is 12.4 Å². The number of fused-ring (bicyclic) bond motifs is 4. The van der Waals surface area contributed by atoms with E-state index >= 15 is 0 Å². The maximum atomic E-state index is 6.23. The fourth-order valence-corrected chi connectivity index (χ4v) is 4.70. The van der Waals surface area contributed by atoms with Crippen molar-refractivity contribution >= 4 is 23.2 Å². The Labute approximate surface area is 190 Å². The SMILES string of the molecule is NC1=N[C@@]2(CO1)c1cc(-c3cccc(Cl)c3)ccc1Oc1ncc(C3=CCCOC3)cc12. The molecule has 2 N–H and O–H groups in total. The minimum absolute atomic E-state index is 0.155. The summed E-state index contributed by atoms with van der Waals surface area (Å²) >= 11 is 6.23. The predicted molar refractivity (Wildman–Crippen MR) is 123 cm³/mol. The van der Waals surface area contributed by atoms with Gasteiger partial charge in [0, 0.05) is 16.8 Å². The molecule has 0 radical (unpaired) electrons. The molecular formula is C25H20ClN3O3. The van der Waals surface area contributed by atoms with Gasteiger partial charge in [-0.25, -0.2) is 9.98 Å². The number of pyridine rings is 1. The number of rotatable bonds is 2. The molecule has 0 bridgehead atoms. The second kappa shape index (κ2) is 7.36. The van der Waals surface area contributed by atoms with Crippen LogP contribution in [0.2, 0.25) is 5.02 Å². The van der Waals surface area contributed by atoms with E-state index in [-0.39, 0.29) is 12.6 Å². The average Bonchev–Trinajstić information content (AvgIpc) is 3.22. The summed E-state index contributed by atoms with van der Waals surface area (Å²) in [5.41, 5.74) is 11.0. The minimum Gasteiger partial charge on any atom is -0.462 e. The average molecular weight is 446 g/mol. The summed E-state index contributed by atoms with van der Waals surface area (Å²) in [6, 6.07) is 16.0. The van der Waals surface area contributed by atoms with Crippen LogP contribution < -0.4 is 10.5 Å². The van der Waals surface area contributed by atoms with Crippen molar-refractivity contribution in [1.82, 2.24) is 4.98 Å². The van der Waals surface area contributed by atoms with Crippen LogP contribution in [0.5, 0.6) is 11.6 Å². The van der Waals surface area contributed by atoms with Gasteiger partial charge in [0.25, 0.3) is 6.02 Å². The first-order valence-corrected chi connectivity index (χ1v) is 10.8. The van der Waals surface area contributed by atoms with E-state index in [0.29, 0.717) is 23.3 Å². The maximum Gasteiger partial charge on any atom is 0.283 e. The van der Waals surface area contributed by atoms with Crippen LogP contribution in [-0.4, -0.2) is 30.8 Å². The molecule has 0 aliphatic carbocycles. The predicted octanol–water partition coefficient (Wildman–Crippen LogP) is 4.90. The van der Waals surface area contributed by atoms with E-state index in [1.165, 1.54) is 0 Å². The molecule has 1 spiro atoms. The summed E-state index contributed by atoms with van der Waals surface area (Å²) in [6.45, 7) is 1.58. The first-order chi connectivity index (χ1) is 15.6. The number of hydrogen-bond acceptors (Lipinski definition) is 6. The van der Waals surface area contributed by atoms with Crippen LogP contribution in [0.25, 0.3) is 16.7 Å². The first-order valence-electron chi connectivity index (χ1n) is 10.5. The molecule has 4 heterocycles. The van der Waals surface area contributed by atoms with E-state index in [0.717, 1.165) is 46.4 Å². The summed E-state index contributed by atoms with van der Waals surface area (Å²) in [7, 11) is 0. The van der Waals surface area contributed by atoms with Crippen LogP contribution in [0.4, 0.5) is 0 Å². The molecule has 7 heteroatoms. The highest BCUT2D eigenvalue weighted by Crippen LogP contribution is 2.51. The third-order valence-electron chi connectivity index (χ3n) is 6.10. The molecule has 160 valence electrons. The molecule has 3 aliphatic rings. The Kier molecular flexibility index (Phi) is 4.45. The minimum atomic E-state index is -0.833. The van der Waals surface area contributed by atoms with Crippen molar-refractivity contribution in [3.63, 3.8) is 0 Å². The second-order valence-corrected chi connectivity index (χ2v) is 8.51. The summed E-state index contributed by atoms with van der Waals surface area (Å²) in [4.78, 5) is 9.40. The summed E-state index contributed by atoms with van der Waals surface area (Å²) < 4.78 is 17.5. The van der Waals surface area contributed by atoms with Gasteiger partial charge in [0.2, 0.25) is 5.88 Å². The highest BCUT2D eigenvalue weighted by atomic mass is 35.5. The molecule has 1 aromatic heterocycles. The van der Waals surface area contributed by atoms with Gasteiger partial charge in [0.15, 0.2) is 5.54 Å². The Morgan fingerprint density at radius 2 is 1.88 bits per heavy atom. The monoisotopic (exact) mass is 445 g/mol. The third-order valence-corrected chi connectivity index (χ3v) is 6.33. The van der Waals surface area contributed by atoms with E-state index in [1.54, 1.807) is 0 Å². The van der Waals surface area contributed by atoms with E-state index < -0.39 is 5.54 Å². The van der Waals surface area contributed by atoms with Crippen LogP contribution in [0.3, 0.4) is 0 Å². The molecule has 6 nitrogen and oxygen atoms in total. The van der Waals surface area contributed by atoms with Crippen molar-refractivity contribution in [3.05, 3.63) is 82.5 Å². The normalized spacial score (nSPS) is 21.2. The lowest BCUT2D eigenvalue weighted by atomic mass is 9.80. The lowest BCUT2D eigenvalue weighted by molar-refractivity contribution is 0.164. The van der Waals surface area contributed by atoms with Gasteiger partial charge in [-0.15, -0.1) is 0 Å². The molecule has 6 rings (SSSR count). The van der Waals surface area contributed by atoms with Crippen molar-refractivity contribution in [2.45, 2.75) is 12.0 Å². The molecule has 0 amide bonds. The molecule has 2 aromatic carbocycles. The number of aliphatic imine (C=N–C) groups is 1. The zero-order valence-corrected chi connectivity index (χ0v) is 17.9. The van der Waals surface area contributed by atoms with Gasteiger partial charge in [-0.1, -0.05) is 35.9 Å². The Bertz CT molecular complexity index is 1300. The molecule has 0 saturated heterocycles. The summed E-state index contributed by atoms with van der Waals surface area (Å²) in [5.74, 6) is 1.20. The summed E-state index contributed by atoms with van der Waals surface area (Å²) in [6.07, 6.45) is 4.90. The topological polar surface area (TPSA) is 79.0 Å². The second-order valence-electron chi connectivity index (χ2n) is 8.07. The van der Waals surface area contributed by atoms with Gasteiger partial charge < -0.3 is 19.9 Å². The Morgan fingerprint density at radius 1 is 1.00 bits per heavy atom. The van der Waals surface area contributed by atoms with Crippen molar-refractivity contribution in [2.75, 3.05) is 19.8 Å². The fraction of sp³-hybridized carbons (Fsp3) is 0.200. The molecule has 0 saturated carbocycles. The number of amidine groups is 1. The number of nitrogens with two attached hydrogens (primary N) is 1. The molecule has 3 aromatic rings. The van der Waals surface area contributed by atoms with Crippen LogP contribution in [-0.2, 0) is 15.0 Å². The molecule has 3 aliphatic heterocycles. The number of halogens is 1. The van der Waals surface area contributed by atoms with E-state index in [4.69, 9.17) is 36.5 Å². The number of ether oxygens (including phenoxy) is 3. The number of benzene rings is 2. The van der Waals surface area contributed by atoms with E-state index in [2.05, 4.69) is 23.2 Å². The highest BCUT2D eigenvalue weighted by Gasteiger charge is 2.48. The Balaban J connectivity index is 1.53. The first kappa shape index (κ1) is 19.3. The number of hydrogen-bond donors (Lipinski definition) is 1. The lowest BCUT2D eigenvalue weighted by Gasteiger charge is -2.33. The zero-order chi connectivity index (χ0) is 21.7.